The predicted molar refractivity (Wildman–Crippen MR) is 120 cm³/mol. The molecule has 1 unspecified atom stereocenters. The van der Waals surface area contributed by atoms with E-state index in [1.165, 1.54) is 11.1 Å². The van der Waals surface area contributed by atoms with Gasteiger partial charge in [0.2, 0.25) is 0 Å². The molecule has 3 aromatic rings. The Hall–Kier alpha value is -2.69. The van der Waals surface area contributed by atoms with Gasteiger partial charge in [-0.05, 0) is 66.9 Å². The van der Waals surface area contributed by atoms with E-state index in [1.54, 1.807) is 12.1 Å². The van der Waals surface area contributed by atoms with Crippen LogP contribution in [-0.4, -0.2) is 35.4 Å². The quantitative estimate of drug-likeness (QED) is 0.612. The molecule has 0 saturated carbocycles. The van der Waals surface area contributed by atoms with Gasteiger partial charge in [0.15, 0.2) is 0 Å². The van der Waals surface area contributed by atoms with Gasteiger partial charge in [-0.15, -0.1) is 0 Å². The molecule has 1 atom stereocenters. The maximum atomic E-state index is 13.4. The topological polar surface area (TPSA) is 36.4 Å². The highest BCUT2D eigenvalue weighted by molar-refractivity contribution is 6.30. The zero-order chi connectivity index (χ0) is 20.6. The van der Waals surface area contributed by atoms with Crippen molar-refractivity contribution in [3.63, 3.8) is 0 Å². The number of para-hydroxylation sites is 1. The van der Waals surface area contributed by atoms with Crippen LogP contribution in [0.25, 0.3) is 0 Å². The number of carbonyl (C=O) groups excluding carboxylic acids is 1. The second-order valence-corrected chi connectivity index (χ2v) is 8.96. The Morgan fingerprint density at radius 3 is 2.67 bits per heavy atom. The van der Waals surface area contributed by atoms with Gasteiger partial charge in [-0.1, -0.05) is 35.9 Å². The molecule has 1 aromatic heterocycles. The van der Waals surface area contributed by atoms with Crippen LogP contribution in [0, 0.1) is 5.41 Å². The number of likely N-dealkylation sites (tertiary alicyclic amines) is 1. The first-order valence-corrected chi connectivity index (χ1v) is 10.8. The molecule has 2 aromatic carbocycles. The number of amides is 1. The van der Waals surface area contributed by atoms with Gasteiger partial charge in [-0.2, -0.15) is 0 Å². The van der Waals surface area contributed by atoms with Crippen LogP contribution in [0.2, 0.25) is 5.02 Å². The summed E-state index contributed by atoms with van der Waals surface area (Å²) in [4.78, 5) is 22.2. The van der Waals surface area contributed by atoms with E-state index >= 15 is 0 Å². The van der Waals surface area contributed by atoms with E-state index in [4.69, 9.17) is 11.6 Å². The third kappa shape index (κ3) is 3.73. The van der Waals surface area contributed by atoms with Crippen LogP contribution in [-0.2, 0) is 13.0 Å². The Labute approximate surface area is 182 Å². The number of halogens is 1. The number of carbonyl (C=O) groups is 1. The summed E-state index contributed by atoms with van der Waals surface area (Å²) in [6.45, 7) is 3.68. The van der Waals surface area contributed by atoms with E-state index in [9.17, 15) is 4.79 Å². The fourth-order valence-corrected chi connectivity index (χ4v) is 5.05. The second kappa shape index (κ2) is 7.86. The van der Waals surface area contributed by atoms with Crippen molar-refractivity contribution in [2.75, 3.05) is 24.5 Å². The number of hydrogen-bond acceptors (Lipinski definition) is 3. The minimum Gasteiger partial charge on any atom is -0.307 e. The minimum absolute atomic E-state index is 0.0453. The van der Waals surface area contributed by atoms with Gasteiger partial charge in [0.1, 0.15) is 0 Å². The Balaban J connectivity index is 1.42. The fraction of sp³-hybridized carbons (Fsp3) is 0.280. The molecule has 0 radical (unpaired) electrons. The normalized spacial score (nSPS) is 21.0. The second-order valence-electron chi connectivity index (χ2n) is 8.53. The molecule has 5 heteroatoms. The number of anilines is 1. The highest BCUT2D eigenvalue weighted by Crippen LogP contribution is 2.43. The number of fused-ring (bicyclic) bond motifs is 1. The van der Waals surface area contributed by atoms with E-state index in [2.05, 4.69) is 34.1 Å². The molecule has 4 nitrogen and oxygen atoms in total. The molecule has 0 aliphatic carbocycles. The molecule has 2 aliphatic heterocycles. The average Bonchev–Trinajstić information content (AvgIpc) is 3.15. The third-order valence-corrected chi connectivity index (χ3v) is 6.58. The van der Waals surface area contributed by atoms with Crippen LogP contribution in [0.3, 0.4) is 0 Å². The van der Waals surface area contributed by atoms with Crippen LogP contribution in [0.1, 0.15) is 27.9 Å². The number of benzene rings is 2. The lowest BCUT2D eigenvalue weighted by Crippen LogP contribution is -2.48. The first-order valence-electron chi connectivity index (χ1n) is 10.4. The predicted octanol–water partition coefficient (Wildman–Crippen LogP) is 4.83. The Morgan fingerprint density at radius 1 is 1.03 bits per heavy atom. The lowest BCUT2D eigenvalue weighted by molar-refractivity contribution is 0.0966. The van der Waals surface area contributed by atoms with Crippen molar-refractivity contribution in [3.8, 4) is 0 Å². The van der Waals surface area contributed by atoms with Crippen molar-refractivity contribution in [1.29, 1.82) is 0 Å². The van der Waals surface area contributed by atoms with Crippen LogP contribution < -0.4 is 4.90 Å². The highest BCUT2D eigenvalue weighted by atomic mass is 35.5. The molecule has 0 bridgehead atoms. The number of pyridine rings is 1. The monoisotopic (exact) mass is 417 g/mol. The molecule has 3 heterocycles. The summed E-state index contributed by atoms with van der Waals surface area (Å²) in [5.41, 5.74) is 4.29. The number of aromatic nitrogens is 1. The van der Waals surface area contributed by atoms with Crippen molar-refractivity contribution >= 4 is 23.2 Å². The Kier molecular flexibility index (Phi) is 5.05. The van der Waals surface area contributed by atoms with Crippen LogP contribution in [0.15, 0.2) is 73.1 Å². The van der Waals surface area contributed by atoms with Crippen LogP contribution in [0.5, 0.6) is 0 Å². The zero-order valence-electron chi connectivity index (χ0n) is 16.8. The van der Waals surface area contributed by atoms with Gasteiger partial charge < -0.3 is 4.90 Å². The average molecular weight is 418 g/mol. The molecule has 152 valence electrons. The minimum atomic E-state index is 0.0453. The van der Waals surface area contributed by atoms with Crippen molar-refractivity contribution < 1.29 is 4.79 Å². The third-order valence-electron chi connectivity index (χ3n) is 6.32. The smallest absolute Gasteiger partial charge is 0.258 e. The molecule has 1 saturated heterocycles. The number of rotatable bonds is 3. The first-order chi connectivity index (χ1) is 14.6. The SMILES string of the molecule is O=C(c1ccc(Cl)cc1)N1CC2(CCN(Cc3cccnc3)C2)Cc2ccccc21. The van der Waals surface area contributed by atoms with Crippen molar-refractivity contribution in [2.24, 2.45) is 5.41 Å². The summed E-state index contributed by atoms with van der Waals surface area (Å²) in [6, 6.07) is 19.6. The van der Waals surface area contributed by atoms with Gasteiger partial charge in [0.05, 0.1) is 0 Å². The fourth-order valence-electron chi connectivity index (χ4n) is 4.92. The maximum absolute atomic E-state index is 13.4. The van der Waals surface area contributed by atoms with E-state index in [-0.39, 0.29) is 11.3 Å². The maximum Gasteiger partial charge on any atom is 0.258 e. The van der Waals surface area contributed by atoms with Gasteiger partial charge in [0, 0.05) is 53.7 Å². The molecular weight excluding hydrogens is 394 g/mol. The summed E-state index contributed by atoms with van der Waals surface area (Å²) >= 11 is 6.03. The van der Waals surface area contributed by atoms with Crippen LogP contribution >= 0.6 is 11.6 Å². The lowest BCUT2D eigenvalue weighted by atomic mass is 9.76. The standard InChI is InChI=1S/C25H24ClN3O/c26-22-9-7-20(8-10-22)24(30)29-18-25(14-21-5-1-2-6-23(21)29)11-13-28(17-25)16-19-4-3-12-27-15-19/h1-10,12,15H,11,13-14,16-18H2. The summed E-state index contributed by atoms with van der Waals surface area (Å²) in [6.07, 6.45) is 5.86. The van der Waals surface area contributed by atoms with Gasteiger partial charge in [-0.25, -0.2) is 0 Å². The Bertz CT molecular complexity index is 1050. The van der Waals surface area contributed by atoms with E-state index in [0.717, 1.165) is 44.7 Å². The lowest BCUT2D eigenvalue weighted by Gasteiger charge is -2.41. The van der Waals surface area contributed by atoms with E-state index in [1.807, 2.05) is 41.6 Å². The first kappa shape index (κ1) is 19.3. The summed E-state index contributed by atoms with van der Waals surface area (Å²) in [7, 11) is 0. The van der Waals surface area contributed by atoms with Gasteiger partial charge >= 0.3 is 0 Å². The molecule has 5 rings (SSSR count). The van der Waals surface area contributed by atoms with E-state index < -0.39 is 0 Å². The highest BCUT2D eigenvalue weighted by Gasteiger charge is 2.44. The zero-order valence-corrected chi connectivity index (χ0v) is 17.6. The van der Waals surface area contributed by atoms with E-state index in [0.29, 0.717) is 10.6 Å². The summed E-state index contributed by atoms with van der Waals surface area (Å²) in [5.74, 6) is 0.0453. The van der Waals surface area contributed by atoms with Gasteiger partial charge in [-0.3, -0.25) is 14.7 Å². The van der Waals surface area contributed by atoms with Crippen molar-refractivity contribution in [3.05, 3.63) is 94.8 Å². The molecule has 2 aliphatic rings. The number of nitrogens with zero attached hydrogens (tertiary/aromatic N) is 3. The van der Waals surface area contributed by atoms with Crippen LogP contribution in [0.4, 0.5) is 5.69 Å². The van der Waals surface area contributed by atoms with Gasteiger partial charge in [0.25, 0.3) is 5.91 Å². The molecular formula is C25H24ClN3O. The summed E-state index contributed by atoms with van der Waals surface area (Å²) < 4.78 is 0. The molecule has 0 N–H and O–H groups in total. The summed E-state index contributed by atoms with van der Waals surface area (Å²) in [5, 5.41) is 0.643. The Morgan fingerprint density at radius 2 is 1.87 bits per heavy atom. The van der Waals surface area contributed by atoms with Crippen molar-refractivity contribution in [2.45, 2.75) is 19.4 Å². The largest absolute Gasteiger partial charge is 0.307 e. The molecule has 1 spiro atoms. The molecule has 1 amide bonds. The molecule has 1 fully saturated rings. The van der Waals surface area contributed by atoms with Crippen molar-refractivity contribution in [1.82, 2.24) is 9.88 Å². The molecule has 30 heavy (non-hydrogen) atoms. The number of hydrogen-bond donors (Lipinski definition) is 0.